The molecular formula is C11H14N2O3S. The first-order valence-corrected chi connectivity index (χ1v) is 6.72. The molecule has 2 rings (SSSR count). The number of benzene rings is 1. The molecule has 0 fully saturated rings. The third-order valence-corrected chi connectivity index (χ3v) is 3.57. The summed E-state index contributed by atoms with van der Waals surface area (Å²) >= 11 is 0. The van der Waals surface area contributed by atoms with Crippen molar-refractivity contribution >= 4 is 21.3 Å². The highest BCUT2D eigenvalue weighted by atomic mass is 32.2. The summed E-state index contributed by atoms with van der Waals surface area (Å²) in [7, 11) is -3.70. The summed E-state index contributed by atoms with van der Waals surface area (Å²) in [5.74, 6) is 0. The van der Waals surface area contributed by atoms with Crippen LogP contribution in [0.2, 0.25) is 0 Å². The van der Waals surface area contributed by atoms with Gasteiger partial charge in [0.1, 0.15) is 0 Å². The molecule has 0 saturated heterocycles. The van der Waals surface area contributed by atoms with E-state index in [1.807, 2.05) is 6.08 Å². The average molecular weight is 254 g/mol. The first-order chi connectivity index (χ1) is 7.98. The normalized spacial score (nSPS) is 16.6. The Morgan fingerprint density at radius 1 is 1.29 bits per heavy atom. The Kier molecular flexibility index (Phi) is 3.19. The van der Waals surface area contributed by atoms with Gasteiger partial charge in [0.25, 0.3) is 0 Å². The molecule has 0 spiro atoms. The van der Waals surface area contributed by atoms with Gasteiger partial charge in [-0.15, -0.1) is 0 Å². The van der Waals surface area contributed by atoms with Gasteiger partial charge in [0, 0.05) is 11.3 Å². The van der Waals surface area contributed by atoms with E-state index >= 15 is 0 Å². The number of nitrogen functional groups attached to an aromatic ring is 1. The van der Waals surface area contributed by atoms with Crippen LogP contribution in [0.5, 0.6) is 0 Å². The van der Waals surface area contributed by atoms with Crippen LogP contribution in [0.1, 0.15) is 12.0 Å². The van der Waals surface area contributed by atoms with Gasteiger partial charge in [-0.2, -0.15) is 0 Å². The monoisotopic (exact) mass is 254 g/mol. The summed E-state index contributed by atoms with van der Waals surface area (Å²) in [6.07, 6.45) is 2.73. The molecule has 17 heavy (non-hydrogen) atoms. The van der Waals surface area contributed by atoms with Crippen molar-refractivity contribution in [2.45, 2.75) is 11.3 Å². The van der Waals surface area contributed by atoms with Crippen LogP contribution in [0, 0.1) is 0 Å². The lowest BCUT2D eigenvalue weighted by Crippen LogP contribution is -2.13. The van der Waals surface area contributed by atoms with Crippen LogP contribution in [0.25, 0.3) is 5.57 Å². The third kappa shape index (κ3) is 2.66. The number of primary sulfonamides is 1. The Morgan fingerprint density at radius 3 is 2.59 bits per heavy atom. The van der Waals surface area contributed by atoms with Crippen molar-refractivity contribution < 1.29 is 13.2 Å². The van der Waals surface area contributed by atoms with E-state index < -0.39 is 10.0 Å². The summed E-state index contributed by atoms with van der Waals surface area (Å²) in [6.45, 7) is 1.22. The van der Waals surface area contributed by atoms with Crippen molar-refractivity contribution in [1.29, 1.82) is 0 Å². The number of rotatable bonds is 2. The standard InChI is InChI=1S/C11H14N2O3S/c12-11-7-9(17(13,14)15)1-2-10(11)8-3-5-16-6-4-8/h1-3,7H,4-6,12H2,(H2,13,14,15). The van der Waals surface area contributed by atoms with Crippen LogP contribution >= 0.6 is 0 Å². The SMILES string of the molecule is Nc1cc(S(N)(=O)=O)ccc1C1=CCOCC1. The van der Waals surface area contributed by atoms with E-state index in [9.17, 15) is 8.42 Å². The molecular weight excluding hydrogens is 240 g/mol. The molecule has 0 aliphatic carbocycles. The summed E-state index contributed by atoms with van der Waals surface area (Å²) in [6, 6.07) is 4.55. The molecule has 1 heterocycles. The highest BCUT2D eigenvalue weighted by molar-refractivity contribution is 7.89. The van der Waals surface area contributed by atoms with Crippen molar-refractivity contribution in [2.24, 2.45) is 5.14 Å². The van der Waals surface area contributed by atoms with E-state index in [4.69, 9.17) is 15.6 Å². The zero-order valence-corrected chi connectivity index (χ0v) is 10.0. The maximum atomic E-state index is 11.2. The van der Waals surface area contributed by atoms with Crippen molar-refractivity contribution in [3.63, 3.8) is 0 Å². The van der Waals surface area contributed by atoms with Gasteiger partial charge < -0.3 is 10.5 Å². The molecule has 4 N–H and O–H groups in total. The van der Waals surface area contributed by atoms with E-state index in [2.05, 4.69) is 0 Å². The molecule has 0 bridgehead atoms. The maximum Gasteiger partial charge on any atom is 0.238 e. The molecule has 1 aromatic rings. The zero-order valence-electron chi connectivity index (χ0n) is 9.22. The fourth-order valence-corrected chi connectivity index (χ4v) is 2.33. The van der Waals surface area contributed by atoms with Gasteiger partial charge in [0.05, 0.1) is 18.1 Å². The van der Waals surface area contributed by atoms with Crippen molar-refractivity contribution in [3.05, 3.63) is 29.8 Å². The lowest BCUT2D eigenvalue weighted by Gasteiger charge is -2.15. The molecule has 1 aliphatic rings. The van der Waals surface area contributed by atoms with Gasteiger partial charge in [-0.05, 0) is 24.1 Å². The van der Waals surface area contributed by atoms with Gasteiger partial charge in [0.15, 0.2) is 0 Å². The van der Waals surface area contributed by atoms with E-state index in [1.165, 1.54) is 12.1 Å². The molecule has 1 aromatic carbocycles. The average Bonchev–Trinajstić information content (AvgIpc) is 2.29. The molecule has 0 aromatic heterocycles. The van der Waals surface area contributed by atoms with Crippen molar-refractivity contribution in [3.8, 4) is 0 Å². The van der Waals surface area contributed by atoms with Crippen LogP contribution in [0.15, 0.2) is 29.2 Å². The third-order valence-electron chi connectivity index (χ3n) is 2.66. The van der Waals surface area contributed by atoms with Gasteiger partial charge in [-0.25, -0.2) is 13.6 Å². The summed E-state index contributed by atoms with van der Waals surface area (Å²) in [5, 5.41) is 5.04. The minimum absolute atomic E-state index is 0.0337. The lowest BCUT2D eigenvalue weighted by atomic mass is 10.00. The number of anilines is 1. The maximum absolute atomic E-state index is 11.2. The van der Waals surface area contributed by atoms with Crippen LogP contribution < -0.4 is 10.9 Å². The molecule has 0 saturated carbocycles. The molecule has 0 amide bonds. The van der Waals surface area contributed by atoms with Gasteiger partial charge >= 0.3 is 0 Å². The first-order valence-electron chi connectivity index (χ1n) is 5.18. The highest BCUT2D eigenvalue weighted by Crippen LogP contribution is 2.27. The Hall–Kier alpha value is -1.37. The first kappa shape index (κ1) is 12.1. The smallest absolute Gasteiger partial charge is 0.238 e. The van der Waals surface area contributed by atoms with Gasteiger partial charge in [0.2, 0.25) is 10.0 Å². The zero-order chi connectivity index (χ0) is 12.5. The Bertz CT molecular complexity index is 564. The van der Waals surface area contributed by atoms with Gasteiger partial charge in [-0.1, -0.05) is 12.1 Å². The second-order valence-corrected chi connectivity index (χ2v) is 5.41. The topological polar surface area (TPSA) is 95.4 Å². The Balaban J connectivity index is 2.42. The van der Waals surface area contributed by atoms with Crippen LogP contribution in [0.4, 0.5) is 5.69 Å². The fourth-order valence-electron chi connectivity index (χ4n) is 1.78. The second kappa shape index (κ2) is 4.48. The molecule has 0 radical (unpaired) electrons. The minimum atomic E-state index is -3.70. The van der Waals surface area contributed by atoms with Crippen molar-refractivity contribution in [1.82, 2.24) is 0 Å². The largest absolute Gasteiger partial charge is 0.398 e. The molecule has 92 valence electrons. The number of ether oxygens (including phenoxy) is 1. The predicted octanol–water partition coefficient (Wildman–Crippen LogP) is 0.720. The molecule has 0 atom stereocenters. The van der Waals surface area contributed by atoms with Gasteiger partial charge in [-0.3, -0.25) is 0 Å². The summed E-state index contributed by atoms with van der Waals surface area (Å²) in [4.78, 5) is 0.0337. The fraction of sp³-hybridized carbons (Fsp3) is 0.273. The van der Waals surface area contributed by atoms with Crippen molar-refractivity contribution in [2.75, 3.05) is 18.9 Å². The van der Waals surface area contributed by atoms with Crippen LogP contribution in [-0.4, -0.2) is 21.6 Å². The molecule has 1 aliphatic heterocycles. The molecule has 5 nitrogen and oxygen atoms in total. The second-order valence-electron chi connectivity index (χ2n) is 3.85. The lowest BCUT2D eigenvalue weighted by molar-refractivity contribution is 0.161. The number of hydrogen-bond donors (Lipinski definition) is 2. The van der Waals surface area contributed by atoms with E-state index in [0.717, 1.165) is 17.6 Å². The number of hydrogen-bond acceptors (Lipinski definition) is 4. The molecule has 6 heteroatoms. The quantitative estimate of drug-likeness (QED) is 0.760. The van der Waals surface area contributed by atoms with E-state index in [-0.39, 0.29) is 4.90 Å². The van der Waals surface area contributed by atoms with E-state index in [1.54, 1.807) is 6.07 Å². The van der Waals surface area contributed by atoms with Crippen LogP contribution in [0.3, 0.4) is 0 Å². The molecule has 0 unspecified atom stereocenters. The Morgan fingerprint density at radius 2 is 2.06 bits per heavy atom. The number of nitrogens with two attached hydrogens (primary N) is 2. The van der Waals surface area contributed by atoms with Crippen LogP contribution in [-0.2, 0) is 14.8 Å². The summed E-state index contributed by atoms with van der Waals surface area (Å²) in [5.41, 5.74) is 8.19. The Labute approximate surface area is 100 Å². The predicted molar refractivity (Wildman–Crippen MR) is 65.6 cm³/mol. The number of sulfonamides is 1. The van der Waals surface area contributed by atoms with E-state index in [0.29, 0.717) is 18.9 Å². The minimum Gasteiger partial charge on any atom is -0.398 e. The summed E-state index contributed by atoms with van der Waals surface area (Å²) < 4.78 is 27.5. The highest BCUT2D eigenvalue weighted by Gasteiger charge is 2.13.